The topological polar surface area (TPSA) is 68.0 Å². The van der Waals surface area contributed by atoms with Gasteiger partial charge in [0.05, 0.1) is 11.0 Å². The second-order valence-electron chi connectivity index (χ2n) is 14.6. The Labute approximate surface area is 326 Å². The number of para-hydroxylation sites is 4. The van der Waals surface area contributed by atoms with Gasteiger partial charge in [0.2, 0.25) is 0 Å². The molecule has 0 bridgehead atoms. The molecule has 0 fully saturated rings. The quantitative estimate of drug-likeness (QED) is 0.192. The standard InChI is InChI=1S/C51H32N4O2/c1-3-12-31(13-4-1)49-52-50(54-51(53-49)34-22-25-39-38-17-8-10-21-44(38)57-47(39)30-34)33-24-27-46-42(29-33)41-28-32(23-26-45(41)56-46)36-18-11-19-40-37-16-7-9-20-43(37)55(48(36)40)35-14-5-2-6-15-35/h1-30,49H,(H,52,53,54). The van der Waals surface area contributed by atoms with E-state index in [1.807, 2.05) is 42.5 Å². The maximum atomic E-state index is 6.46. The molecular weight excluding hydrogens is 701 g/mol. The van der Waals surface area contributed by atoms with Crippen molar-refractivity contribution in [2.75, 3.05) is 0 Å². The van der Waals surface area contributed by atoms with E-state index in [1.165, 1.54) is 21.8 Å². The fourth-order valence-corrected chi connectivity index (χ4v) is 8.59. The Morgan fingerprint density at radius 1 is 0.456 bits per heavy atom. The molecule has 0 aliphatic carbocycles. The molecule has 0 saturated heterocycles. The number of furan rings is 2. The molecule has 1 aliphatic heterocycles. The average molecular weight is 733 g/mol. The molecule has 1 atom stereocenters. The molecule has 0 spiro atoms. The number of rotatable bonds is 5. The Morgan fingerprint density at radius 3 is 1.93 bits per heavy atom. The second kappa shape index (κ2) is 12.4. The van der Waals surface area contributed by atoms with Crippen molar-refractivity contribution in [3.63, 3.8) is 0 Å². The summed E-state index contributed by atoms with van der Waals surface area (Å²) >= 11 is 0. The Hall–Kier alpha value is -7.70. The van der Waals surface area contributed by atoms with E-state index in [-0.39, 0.29) is 6.17 Å². The molecule has 0 amide bonds. The van der Waals surface area contributed by atoms with E-state index < -0.39 is 0 Å². The Balaban J connectivity index is 1.00. The third-order valence-electron chi connectivity index (χ3n) is 11.3. The minimum absolute atomic E-state index is 0.333. The van der Waals surface area contributed by atoms with Crippen LogP contribution in [0.5, 0.6) is 0 Å². The van der Waals surface area contributed by atoms with Gasteiger partial charge >= 0.3 is 0 Å². The van der Waals surface area contributed by atoms with Gasteiger partial charge in [0.25, 0.3) is 0 Å². The highest BCUT2D eigenvalue weighted by atomic mass is 16.3. The highest BCUT2D eigenvalue weighted by Crippen LogP contribution is 2.40. The molecule has 0 saturated carbocycles. The molecular formula is C51H32N4O2. The molecule has 1 unspecified atom stereocenters. The summed E-state index contributed by atoms with van der Waals surface area (Å²) in [6, 6.07) is 63.4. The largest absolute Gasteiger partial charge is 0.456 e. The summed E-state index contributed by atoms with van der Waals surface area (Å²) in [4.78, 5) is 10.3. The normalized spacial score (nSPS) is 14.5. The van der Waals surface area contributed by atoms with Crippen LogP contribution in [0.2, 0.25) is 0 Å². The average Bonchev–Trinajstić information content (AvgIpc) is 3.95. The van der Waals surface area contributed by atoms with Crippen LogP contribution in [0.1, 0.15) is 22.9 Å². The van der Waals surface area contributed by atoms with Gasteiger partial charge in [-0.05, 0) is 77.9 Å². The number of hydrogen-bond acceptors (Lipinski definition) is 5. The van der Waals surface area contributed by atoms with Crippen molar-refractivity contribution >= 4 is 77.4 Å². The van der Waals surface area contributed by atoms with Crippen LogP contribution in [0.4, 0.5) is 0 Å². The van der Waals surface area contributed by atoms with E-state index >= 15 is 0 Å². The molecule has 57 heavy (non-hydrogen) atoms. The molecule has 0 radical (unpaired) electrons. The maximum absolute atomic E-state index is 6.46. The van der Waals surface area contributed by atoms with Crippen LogP contribution >= 0.6 is 0 Å². The first-order valence-corrected chi connectivity index (χ1v) is 19.2. The van der Waals surface area contributed by atoms with Gasteiger partial charge in [0.15, 0.2) is 5.84 Å². The van der Waals surface area contributed by atoms with Crippen molar-refractivity contribution in [3.05, 3.63) is 199 Å². The molecule has 6 nitrogen and oxygen atoms in total. The fourth-order valence-electron chi connectivity index (χ4n) is 8.59. The van der Waals surface area contributed by atoms with Gasteiger partial charge in [0.1, 0.15) is 34.3 Å². The first-order chi connectivity index (χ1) is 28.2. The first kappa shape index (κ1) is 31.6. The molecule has 8 aromatic carbocycles. The van der Waals surface area contributed by atoms with E-state index in [1.54, 1.807) is 0 Å². The molecule has 6 heteroatoms. The smallest absolute Gasteiger partial charge is 0.159 e. The summed E-state index contributed by atoms with van der Waals surface area (Å²) in [7, 11) is 0. The predicted octanol–water partition coefficient (Wildman–Crippen LogP) is 12.7. The number of aromatic nitrogens is 1. The predicted molar refractivity (Wildman–Crippen MR) is 233 cm³/mol. The van der Waals surface area contributed by atoms with Gasteiger partial charge in [0, 0.05) is 54.7 Å². The van der Waals surface area contributed by atoms with Crippen molar-refractivity contribution in [1.29, 1.82) is 0 Å². The zero-order valence-electron chi connectivity index (χ0n) is 30.6. The fraction of sp³-hybridized carbons (Fsp3) is 0.0196. The number of aliphatic imine (C=N–C) groups is 2. The van der Waals surface area contributed by atoms with E-state index in [9.17, 15) is 0 Å². The number of hydrogen-bond donors (Lipinski definition) is 1. The molecule has 3 aromatic heterocycles. The second-order valence-corrected chi connectivity index (χ2v) is 14.6. The summed E-state index contributed by atoms with van der Waals surface area (Å²) < 4.78 is 15.1. The Kier molecular flexibility index (Phi) is 6.89. The minimum Gasteiger partial charge on any atom is -0.456 e. The van der Waals surface area contributed by atoms with Gasteiger partial charge in [-0.3, -0.25) is 0 Å². The third kappa shape index (κ3) is 5.04. The molecule has 4 heterocycles. The zero-order chi connectivity index (χ0) is 37.5. The van der Waals surface area contributed by atoms with Crippen LogP contribution in [0.25, 0.3) is 82.5 Å². The molecule has 11 aromatic rings. The highest BCUT2D eigenvalue weighted by molar-refractivity contribution is 6.18. The van der Waals surface area contributed by atoms with Crippen LogP contribution in [0.15, 0.2) is 201 Å². The van der Waals surface area contributed by atoms with Crippen molar-refractivity contribution in [2.45, 2.75) is 6.17 Å². The number of amidine groups is 2. The van der Waals surface area contributed by atoms with Crippen molar-refractivity contribution < 1.29 is 8.83 Å². The lowest BCUT2D eigenvalue weighted by Gasteiger charge is -2.23. The van der Waals surface area contributed by atoms with Crippen molar-refractivity contribution in [1.82, 2.24) is 9.88 Å². The monoisotopic (exact) mass is 732 g/mol. The third-order valence-corrected chi connectivity index (χ3v) is 11.3. The van der Waals surface area contributed by atoms with Crippen LogP contribution in [0.3, 0.4) is 0 Å². The number of nitrogens with zero attached hydrogens (tertiary/aromatic N) is 3. The van der Waals surface area contributed by atoms with Gasteiger partial charge in [-0.25, -0.2) is 9.98 Å². The molecule has 1 aliphatic rings. The summed E-state index contributed by atoms with van der Waals surface area (Å²) in [5.74, 6) is 1.38. The molecule has 268 valence electrons. The lowest BCUT2D eigenvalue weighted by molar-refractivity contribution is 0.667. The summed E-state index contributed by atoms with van der Waals surface area (Å²) in [5.41, 5.74) is 12.0. The van der Waals surface area contributed by atoms with E-state index in [0.29, 0.717) is 5.84 Å². The SMILES string of the molecule is c1ccc(C2N=C(c3ccc4c(c3)oc3ccccc34)N=C(c3ccc4oc5ccc(-c6cccc7c8ccccc8n(-c8ccccc8)c67)cc5c4c3)N2)cc1. The van der Waals surface area contributed by atoms with E-state index in [2.05, 4.69) is 149 Å². The zero-order valence-corrected chi connectivity index (χ0v) is 30.6. The minimum atomic E-state index is -0.333. The number of nitrogens with one attached hydrogen (secondary N) is 1. The van der Waals surface area contributed by atoms with Crippen LogP contribution < -0.4 is 5.32 Å². The summed E-state index contributed by atoms with van der Waals surface area (Å²) in [5, 5.41) is 10.3. The van der Waals surface area contributed by atoms with Crippen molar-refractivity contribution in [2.24, 2.45) is 9.98 Å². The first-order valence-electron chi connectivity index (χ1n) is 19.2. The van der Waals surface area contributed by atoms with Crippen LogP contribution in [0, 0.1) is 0 Å². The molecule has 12 rings (SSSR count). The van der Waals surface area contributed by atoms with E-state index in [4.69, 9.17) is 18.8 Å². The van der Waals surface area contributed by atoms with E-state index in [0.717, 1.165) is 83.2 Å². The maximum Gasteiger partial charge on any atom is 0.159 e. The van der Waals surface area contributed by atoms with Gasteiger partial charge in [-0.2, -0.15) is 0 Å². The lowest BCUT2D eigenvalue weighted by Crippen LogP contribution is -2.33. The van der Waals surface area contributed by atoms with Gasteiger partial charge in [-0.15, -0.1) is 0 Å². The number of benzene rings is 8. The number of fused-ring (bicyclic) bond motifs is 9. The Morgan fingerprint density at radius 2 is 1.09 bits per heavy atom. The Bertz CT molecular complexity index is 3440. The van der Waals surface area contributed by atoms with Crippen LogP contribution in [-0.4, -0.2) is 16.2 Å². The molecule has 1 N–H and O–H groups in total. The lowest BCUT2D eigenvalue weighted by atomic mass is 9.99. The highest BCUT2D eigenvalue weighted by Gasteiger charge is 2.23. The summed E-state index contributed by atoms with van der Waals surface area (Å²) in [6.07, 6.45) is -0.333. The van der Waals surface area contributed by atoms with Gasteiger partial charge < -0.3 is 18.7 Å². The van der Waals surface area contributed by atoms with Gasteiger partial charge in [-0.1, -0.05) is 115 Å². The van der Waals surface area contributed by atoms with Crippen molar-refractivity contribution in [3.8, 4) is 16.8 Å². The van der Waals surface area contributed by atoms with Crippen LogP contribution in [-0.2, 0) is 0 Å². The summed E-state index contributed by atoms with van der Waals surface area (Å²) in [6.45, 7) is 0.